The van der Waals surface area contributed by atoms with Gasteiger partial charge < -0.3 is 9.80 Å². The van der Waals surface area contributed by atoms with Crippen molar-refractivity contribution < 1.29 is 0 Å². The van der Waals surface area contributed by atoms with Crippen molar-refractivity contribution in [2.24, 2.45) is 0 Å². The van der Waals surface area contributed by atoms with E-state index in [1.807, 2.05) is 35.1 Å². The van der Waals surface area contributed by atoms with Gasteiger partial charge in [0.15, 0.2) is 5.65 Å². The van der Waals surface area contributed by atoms with Gasteiger partial charge >= 0.3 is 0 Å². The zero-order valence-corrected chi connectivity index (χ0v) is 17.6. The zero-order valence-electron chi connectivity index (χ0n) is 16.9. The molecule has 0 amide bonds. The quantitative estimate of drug-likeness (QED) is 0.498. The maximum Gasteiger partial charge on any atom is 0.163 e. The maximum atomic E-state index is 6.00. The molecule has 1 fully saturated rings. The fourth-order valence-electron chi connectivity index (χ4n) is 3.94. The standard InChI is InChI=1S/C23H23ClN6/c1-17-2-8-20(9-3-17)28-10-12-29(13-11-28)22-21-14-27-30(23(21)26-16-25-22)15-18-4-6-19(24)7-5-18/h2-9,14,16H,10-13,15H2,1H3. The third-order valence-corrected chi connectivity index (χ3v) is 5.89. The Balaban J connectivity index is 1.34. The Kier molecular flexibility index (Phi) is 5.01. The molecule has 2 aromatic heterocycles. The highest BCUT2D eigenvalue weighted by atomic mass is 35.5. The SMILES string of the molecule is Cc1ccc(N2CCN(c3ncnc4c3cnn4Cc3ccc(Cl)cc3)CC2)cc1. The molecule has 3 heterocycles. The van der Waals surface area contributed by atoms with Crippen LogP contribution in [0.2, 0.25) is 5.02 Å². The molecule has 0 radical (unpaired) electrons. The second-order valence-electron chi connectivity index (χ2n) is 7.67. The van der Waals surface area contributed by atoms with Crippen molar-refractivity contribution in [3.05, 3.63) is 77.2 Å². The van der Waals surface area contributed by atoms with Gasteiger partial charge in [-0.1, -0.05) is 41.4 Å². The van der Waals surface area contributed by atoms with Crippen molar-refractivity contribution in [1.29, 1.82) is 0 Å². The second-order valence-corrected chi connectivity index (χ2v) is 8.11. The lowest BCUT2D eigenvalue weighted by Gasteiger charge is -2.36. The Labute approximate surface area is 180 Å². The molecule has 6 nitrogen and oxygen atoms in total. The lowest BCUT2D eigenvalue weighted by Crippen LogP contribution is -2.46. The van der Waals surface area contributed by atoms with Gasteiger partial charge in [0.1, 0.15) is 12.1 Å². The largest absolute Gasteiger partial charge is 0.368 e. The van der Waals surface area contributed by atoms with Gasteiger partial charge in [-0.05, 0) is 36.8 Å². The van der Waals surface area contributed by atoms with Gasteiger partial charge in [-0.2, -0.15) is 5.10 Å². The summed E-state index contributed by atoms with van der Waals surface area (Å²) in [5.41, 5.74) is 4.56. The molecule has 0 unspecified atom stereocenters. The molecule has 152 valence electrons. The first kappa shape index (κ1) is 18.9. The molecule has 0 aliphatic carbocycles. The highest BCUT2D eigenvalue weighted by Gasteiger charge is 2.21. The summed E-state index contributed by atoms with van der Waals surface area (Å²) in [5, 5.41) is 6.31. The summed E-state index contributed by atoms with van der Waals surface area (Å²) in [5.74, 6) is 0.964. The van der Waals surface area contributed by atoms with E-state index in [9.17, 15) is 0 Å². The molecule has 0 bridgehead atoms. The first-order valence-corrected chi connectivity index (χ1v) is 10.5. The van der Waals surface area contributed by atoms with E-state index in [1.54, 1.807) is 6.33 Å². The molecule has 5 rings (SSSR count). The fourth-order valence-corrected chi connectivity index (χ4v) is 4.07. The van der Waals surface area contributed by atoms with Crippen molar-refractivity contribution in [2.45, 2.75) is 13.5 Å². The number of rotatable bonds is 4. The molecule has 0 saturated carbocycles. The molecule has 0 atom stereocenters. The number of benzene rings is 2. The van der Waals surface area contributed by atoms with Crippen molar-refractivity contribution in [1.82, 2.24) is 19.7 Å². The van der Waals surface area contributed by atoms with Gasteiger partial charge in [0.05, 0.1) is 18.1 Å². The molecule has 0 N–H and O–H groups in total. The number of piperazine rings is 1. The molecule has 2 aromatic carbocycles. The van der Waals surface area contributed by atoms with Crippen LogP contribution in [0, 0.1) is 6.92 Å². The van der Waals surface area contributed by atoms with Crippen molar-refractivity contribution in [3.8, 4) is 0 Å². The highest BCUT2D eigenvalue weighted by Crippen LogP contribution is 2.26. The van der Waals surface area contributed by atoms with E-state index >= 15 is 0 Å². The van der Waals surface area contributed by atoms with Crippen LogP contribution in [0.1, 0.15) is 11.1 Å². The van der Waals surface area contributed by atoms with Gasteiger partial charge in [-0.3, -0.25) is 0 Å². The minimum atomic E-state index is 0.651. The number of aryl methyl sites for hydroxylation is 1. The van der Waals surface area contributed by atoms with Crippen LogP contribution in [0.25, 0.3) is 11.0 Å². The maximum absolute atomic E-state index is 6.00. The van der Waals surface area contributed by atoms with Crippen molar-refractivity contribution >= 4 is 34.1 Å². The molecule has 1 aliphatic heterocycles. The summed E-state index contributed by atoms with van der Waals surface area (Å²) in [6.45, 7) is 6.54. The lowest BCUT2D eigenvalue weighted by molar-refractivity contribution is 0.648. The molecule has 0 spiro atoms. The summed E-state index contributed by atoms with van der Waals surface area (Å²) < 4.78 is 1.92. The Hall–Kier alpha value is -3.12. The minimum absolute atomic E-state index is 0.651. The first-order chi connectivity index (χ1) is 14.7. The van der Waals surface area contributed by atoms with E-state index in [2.05, 4.69) is 56.1 Å². The number of hydrogen-bond acceptors (Lipinski definition) is 5. The summed E-state index contributed by atoms with van der Waals surface area (Å²) in [6, 6.07) is 16.6. The van der Waals surface area contributed by atoms with Crippen LogP contribution < -0.4 is 9.80 Å². The van der Waals surface area contributed by atoms with E-state index in [1.165, 1.54) is 11.3 Å². The molecule has 4 aromatic rings. The molecular formula is C23H23ClN6. The molecule has 1 aliphatic rings. The predicted molar refractivity (Wildman–Crippen MR) is 121 cm³/mol. The third-order valence-electron chi connectivity index (χ3n) is 5.64. The topological polar surface area (TPSA) is 50.1 Å². The summed E-state index contributed by atoms with van der Waals surface area (Å²) in [4.78, 5) is 13.9. The van der Waals surface area contributed by atoms with Crippen LogP contribution in [-0.4, -0.2) is 45.9 Å². The number of hydrogen-bond donors (Lipinski definition) is 0. The second kappa shape index (κ2) is 7.95. The lowest BCUT2D eigenvalue weighted by atomic mass is 10.2. The number of halogens is 1. The van der Waals surface area contributed by atoms with Crippen LogP contribution in [0.3, 0.4) is 0 Å². The van der Waals surface area contributed by atoms with Crippen molar-refractivity contribution in [2.75, 3.05) is 36.0 Å². The molecular weight excluding hydrogens is 396 g/mol. The molecule has 7 heteroatoms. The minimum Gasteiger partial charge on any atom is -0.368 e. The molecule has 1 saturated heterocycles. The highest BCUT2D eigenvalue weighted by molar-refractivity contribution is 6.30. The van der Waals surface area contributed by atoms with Crippen LogP contribution in [0.4, 0.5) is 11.5 Å². The van der Waals surface area contributed by atoms with E-state index in [-0.39, 0.29) is 0 Å². The van der Waals surface area contributed by atoms with Gasteiger partial charge in [0.2, 0.25) is 0 Å². The number of nitrogens with zero attached hydrogens (tertiary/aromatic N) is 6. The van der Waals surface area contributed by atoms with Crippen LogP contribution in [0.15, 0.2) is 61.1 Å². The predicted octanol–water partition coefficient (Wildman–Crippen LogP) is 4.16. The Morgan fingerprint density at radius 1 is 0.867 bits per heavy atom. The fraction of sp³-hybridized carbons (Fsp3) is 0.261. The van der Waals surface area contributed by atoms with Crippen LogP contribution >= 0.6 is 11.6 Å². The smallest absolute Gasteiger partial charge is 0.163 e. The van der Waals surface area contributed by atoms with E-state index < -0.39 is 0 Å². The number of anilines is 2. The Bertz CT molecular complexity index is 1140. The van der Waals surface area contributed by atoms with E-state index in [4.69, 9.17) is 11.6 Å². The Morgan fingerprint density at radius 3 is 2.30 bits per heavy atom. The van der Waals surface area contributed by atoms with Crippen molar-refractivity contribution in [3.63, 3.8) is 0 Å². The monoisotopic (exact) mass is 418 g/mol. The van der Waals surface area contributed by atoms with Gasteiger partial charge in [0.25, 0.3) is 0 Å². The Morgan fingerprint density at radius 2 is 1.57 bits per heavy atom. The first-order valence-electron chi connectivity index (χ1n) is 10.1. The van der Waals surface area contributed by atoms with E-state index in [0.717, 1.165) is 53.6 Å². The number of aromatic nitrogens is 4. The summed E-state index contributed by atoms with van der Waals surface area (Å²) in [6.07, 6.45) is 3.52. The van der Waals surface area contributed by atoms with Crippen LogP contribution in [0.5, 0.6) is 0 Å². The average molecular weight is 419 g/mol. The normalized spacial score (nSPS) is 14.5. The van der Waals surface area contributed by atoms with E-state index in [0.29, 0.717) is 6.54 Å². The number of fused-ring (bicyclic) bond motifs is 1. The summed E-state index contributed by atoms with van der Waals surface area (Å²) in [7, 11) is 0. The van der Waals surface area contributed by atoms with Gasteiger partial charge in [0, 0.05) is 36.9 Å². The van der Waals surface area contributed by atoms with Crippen LogP contribution in [-0.2, 0) is 6.54 Å². The third kappa shape index (κ3) is 3.71. The average Bonchev–Trinajstić information content (AvgIpc) is 3.19. The van der Waals surface area contributed by atoms with Gasteiger partial charge in [-0.15, -0.1) is 0 Å². The zero-order chi connectivity index (χ0) is 20.5. The summed E-state index contributed by atoms with van der Waals surface area (Å²) >= 11 is 6.00. The van der Waals surface area contributed by atoms with Gasteiger partial charge in [-0.25, -0.2) is 14.6 Å². The molecule has 30 heavy (non-hydrogen) atoms.